The molecule has 1 aliphatic carbocycles. The summed E-state index contributed by atoms with van der Waals surface area (Å²) in [5.74, 6) is 0.135. The van der Waals surface area contributed by atoms with Crippen LogP contribution in [0.5, 0.6) is 5.75 Å². The molecule has 33 heavy (non-hydrogen) atoms. The lowest BCUT2D eigenvalue weighted by molar-refractivity contribution is -0.697. The van der Waals surface area contributed by atoms with Crippen molar-refractivity contribution in [2.75, 3.05) is 26.9 Å². The van der Waals surface area contributed by atoms with E-state index in [0.717, 1.165) is 5.57 Å². The number of aliphatic hydroxyl groups excluding tert-OH is 1. The summed E-state index contributed by atoms with van der Waals surface area (Å²) in [6.45, 7) is 2.87. The maximum absolute atomic E-state index is 13.6. The number of aromatic amines is 1. The predicted molar refractivity (Wildman–Crippen MR) is 122 cm³/mol. The van der Waals surface area contributed by atoms with Crippen molar-refractivity contribution in [1.29, 1.82) is 0 Å². The quantitative estimate of drug-likeness (QED) is 0.395. The Morgan fingerprint density at radius 2 is 2.18 bits per heavy atom. The van der Waals surface area contributed by atoms with E-state index in [2.05, 4.69) is 10.3 Å². The van der Waals surface area contributed by atoms with Crippen LogP contribution in [-0.4, -0.2) is 54.2 Å². The second-order valence-electron chi connectivity index (χ2n) is 8.69. The summed E-state index contributed by atoms with van der Waals surface area (Å²) in [5, 5.41) is 23.3. The van der Waals surface area contributed by atoms with Crippen molar-refractivity contribution < 1.29 is 28.6 Å². The predicted octanol–water partition coefficient (Wildman–Crippen LogP) is 1.96. The van der Waals surface area contributed by atoms with E-state index in [4.69, 9.17) is 9.47 Å². The summed E-state index contributed by atoms with van der Waals surface area (Å²) in [4.78, 5) is 15.3. The van der Waals surface area contributed by atoms with Gasteiger partial charge in [-0.05, 0) is 30.9 Å². The number of hydrogen-bond acceptors (Lipinski definition) is 6. The zero-order valence-electron chi connectivity index (χ0n) is 19.5. The minimum absolute atomic E-state index is 0.0374. The maximum Gasteiger partial charge on any atom is 0.377 e. The van der Waals surface area contributed by atoms with E-state index >= 15 is 0 Å². The molecule has 9 heteroatoms. The van der Waals surface area contributed by atoms with Gasteiger partial charge in [-0.25, -0.2) is 18.7 Å². The first-order valence-corrected chi connectivity index (χ1v) is 11.4. The van der Waals surface area contributed by atoms with Crippen LogP contribution in [0.2, 0.25) is 0 Å². The standard InChI is InChI=1S/C24H34FN3O5/c1-15(8-11-18(13-29)32-3)23-27-24(31)21(30)20(28(23)2)22-19(14-33-22)26-12-16-6-4-5-7-17(25)10-9-16/h4,6,9-10,15,18-19,22,26,29-30H,5,7-8,11-14H2,1-3H3/p+1. The lowest BCUT2D eigenvalue weighted by Crippen LogP contribution is -2.55. The average Bonchev–Trinajstić information content (AvgIpc) is 2.77. The summed E-state index contributed by atoms with van der Waals surface area (Å²) in [7, 11) is 3.35. The molecule has 1 aromatic rings. The van der Waals surface area contributed by atoms with Gasteiger partial charge in [-0.2, -0.15) is 0 Å². The molecule has 4 N–H and O–H groups in total. The van der Waals surface area contributed by atoms with Crippen LogP contribution in [0.3, 0.4) is 0 Å². The van der Waals surface area contributed by atoms with E-state index in [1.165, 1.54) is 6.08 Å². The first-order chi connectivity index (χ1) is 15.8. The van der Waals surface area contributed by atoms with Gasteiger partial charge < -0.3 is 25.0 Å². The molecule has 0 radical (unpaired) electrons. The Morgan fingerprint density at radius 1 is 1.39 bits per heavy atom. The Balaban J connectivity index is 1.75. The number of aliphatic hydroxyl groups is 1. The molecule has 2 heterocycles. The molecule has 0 saturated carbocycles. The van der Waals surface area contributed by atoms with Crippen molar-refractivity contribution in [3.63, 3.8) is 0 Å². The van der Waals surface area contributed by atoms with Crippen LogP contribution in [0.1, 0.15) is 56.1 Å². The number of aromatic nitrogens is 2. The molecule has 0 aromatic carbocycles. The van der Waals surface area contributed by atoms with Gasteiger partial charge in [-0.3, -0.25) is 0 Å². The second-order valence-corrected chi connectivity index (χ2v) is 8.69. The summed E-state index contributed by atoms with van der Waals surface area (Å²) < 4.78 is 26.4. The van der Waals surface area contributed by atoms with E-state index in [-0.39, 0.29) is 36.2 Å². The fraction of sp³-hybridized carbons (Fsp3) is 0.583. The maximum atomic E-state index is 13.6. The van der Waals surface area contributed by atoms with E-state index in [1.807, 2.05) is 19.1 Å². The van der Waals surface area contributed by atoms with Crippen molar-refractivity contribution in [1.82, 2.24) is 10.3 Å². The fourth-order valence-electron chi connectivity index (χ4n) is 4.18. The number of methoxy groups -OCH3 is 1. The van der Waals surface area contributed by atoms with Gasteiger partial charge >= 0.3 is 5.56 Å². The zero-order chi connectivity index (χ0) is 24.0. The molecule has 3 rings (SSSR count). The monoisotopic (exact) mass is 464 g/mol. The number of allylic oxidation sites excluding steroid dienone is 4. The molecule has 0 amide bonds. The average molecular weight is 465 g/mol. The van der Waals surface area contributed by atoms with Gasteiger partial charge in [-0.15, -0.1) is 0 Å². The number of aromatic hydroxyl groups is 1. The van der Waals surface area contributed by atoms with E-state index < -0.39 is 11.7 Å². The largest absolute Gasteiger partial charge is 0.499 e. The molecule has 8 nitrogen and oxygen atoms in total. The van der Waals surface area contributed by atoms with Gasteiger partial charge in [0.05, 0.1) is 38.3 Å². The number of ether oxygens (including phenoxy) is 2. The molecule has 0 spiro atoms. The lowest BCUT2D eigenvalue weighted by Gasteiger charge is -2.37. The molecule has 0 bridgehead atoms. The number of rotatable bonds is 10. The SMILES string of the molecule is COC(CO)CCC(C)c1[nH]c(=O)c(O)c(C2OCC2NCC2=CC=C(F)CCC=C2)[n+]1C. The van der Waals surface area contributed by atoms with Gasteiger partial charge in [0, 0.05) is 20.1 Å². The highest BCUT2D eigenvalue weighted by Crippen LogP contribution is 2.32. The van der Waals surface area contributed by atoms with Gasteiger partial charge in [0.15, 0.2) is 5.69 Å². The topological polar surface area (TPSA) is 108 Å². The Morgan fingerprint density at radius 3 is 2.85 bits per heavy atom. The van der Waals surface area contributed by atoms with Crippen LogP contribution in [0.4, 0.5) is 4.39 Å². The first-order valence-electron chi connectivity index (χ1n) is 11.4. The van der Waals surface area contributed by atoms with Crippen molar-refractivity contribution in [2.45, 2.75) is 56.8 Å². The highest BCUT2D eigenvalue weighted by Gasteiger charge is 2.41. The van der Waals surface area contributed by atoms with E-state index in [0.29, 0.717) is 50.4 Å². The normalized spacial score (nSPS) is 22.6. The highest BCUT2D eigenvalue weighted by atomic mass is 19.1. The third-order valence-corrected chi connectivity index (χ3v) is 6.37. The number of halogens is 1. The van der Waals surface area contributed by atoms with E-state index in [9.17, 15) is 19.4 Å². The summed E-state index contributed by atoms with van der Waals surface area (Å²) in [5.41, 5.74) is 0.805. The Labute approximate surface area is 193 Å². The number of nitrogens with one attached hydrogen (secondary N) is 2. The summed E-state index contributed by atoms with van der Waals surface area (Å²) in [6.07, 6.45) is 8.84. The van der Waals surface area contributed by atoms with Gasteiger partial charge in [0.2, 0.25) is 0 Å². The third-order valence-electron chi connectivity index (χ3n) is 6.37. The van der Waals surface area contributed by atoms with Crippen LogP contribution >= 0.6 is 0 Å². The Hall–Kier alpha value is -2.33. The minimum Gasteiger partial charge on any atom is -0.499 e. The molecule has 182 valence electrons. The van der Waals surface area contributed by atoms with Crippen LogP contribution in [0, 0.1) is 0 Å². The Kier molecular flexibility index (Phi) is 8.96. The van der Waals surface area contributed by atoms with Gasteiger partial charge in [0.1, 0.15) is 11.9 Å². The van der Waals surface area contributed by atoms with Crippen LogP contribution in [-0.2, 0) is 16.5 Å². The number of hydrogen-bond donors (Lipinski definition) is 4. The molecule has 1 fully saturated rings. The summed E-state index contributed by atoms with van der Waals surface area (Å²) in [6, 6.07) is -0.104. The molecule has 4 unspecified atom stereocenters. The lowest BCUT2D eigenvalue weighted by atomic mass is 9.98. The van der Waals surface area contributed by atoms with Crippen molar-refractivity contribution >= 4 is 0 Å². The van der Waals surface area contributed by atoms with E-state index in [1.54, 1.807) is 24.8 Å². The second kappa shape index (κ2) is 11.7. The van der Waals surface area contributed by atoms with Crippen molar-refractivity contribution in [2.24, 2.45) is 7.05 Å². The molecule has 1 saturated heterocycles. The van der Waals surface area contributed by atoms with Crippen molar-refractivity contribution in [3.8, 4) is 5.75 Å². The van der Waals surface area contributed by atoms with Crippen molar-refractivity contribution in [3.05, 3.63) is 57.6 Å². The van der Waals surface area contributed by atoms with Crippen LogP contribution in [0.25, 0.3) is 0 Å². The molecular formula is C24H35FN3O5+. The first kappa shape index (κ1) is 25.3. The zero-order valence-corrected chi connectivity index (χ0v) is 19.5. The van der Waals surface area contributed by atoms with Gasteiger partial charge in [-0.1, -0.05) is 25.2 Å². The molecular weight excluding hydrogens is 429 g/mol. The molecule has 2 aliphatic rings. The number of H-pyrrole nitrogens is 1. The molecule has 4 atom stereocenters. The minimum atomic E-state index is -0.559. The smallest absolute Gasteiger partial charge is 0.377 e. The van der Waals surface area contributed by atoms with Crippen LogP contribution < -0.4 is 15.4 Å². The number of nitrogens with zero attached hydrogens (tertiary/aromatic N) is 1. The van der Waals surface area contributed by atoms with Gasteiger partial charge in [0.25, 0.3) is 11.6 Å². The molecule has 1 aromatic heterocycles. The highest BCUT2D eigenvalue weighted by molar-refractivity contribution is 5.29. The van der Waals surface area contributed by atoms with Crippen LogP contribution in [0.15, 0.2) is 40.5 Å². The summed E-state index contributed by atoms with van der Waals surface area (Å²) >= 11 is 0. The third kappa shape index (κ3) is 6.17. The Bertz CT molecular complexity index is 968. The fourth-order valence-corrected chi connectivity index (χ4v) is 4.18. The molecule has 1 aliphatic heterocycles.